The summed E-state index contributed by atoms with van der Waals surface area (Å²) in [6, 6.07) is 4.87. The van der Waals surface area contributed by atoms with Gasteiger partial charge in [0, 0.05) is 22.8 Å². The van der Waals surface area contributed by atoms with Crippen LogP contribution in [0.1, 0.15) is 23.9 Å². The molecule has 2 N–H and O–H groups in total. The number of rotatable bonds is 5. The van der Waals surface area contributed by atoms with Crippen molar-refractivity contribution in [2.75, 3.05) is 0 Å². The Kier molecular flexibility index (Phi) is 5.32. The fraction of sp³-hybridized carbons (Fsp3) is 0.333. The number of nitrogens with zero attached hydrogens (tertiary/aromatic N) is 1. The van der Waals surface area contributed by atoms with E-state index in [-0.39, 0.29) is 5.91 Å². The molecular weight excluding hydrogens is 325 g/mol. The van der Waals surface area contributed by atoms with Crippen molar-refractivity contribution in [3.63, 3.8) is 0 Å². The van der Waals surface area contributed by atoms with Gasteiger partial charge in [0.2, 0.25) is 0 Å². The number of amides is 1. The third-order valence-electron chi connectivity index (χ3n) is 3.29. The van der Waals surface area contributed by atoms with E-state index in [0.29, 0.717) is 22.3 Å². The highest BCUT2D eigenvalue weighted by Gasteiger charge is 2.17. The molecule has 0 spiro atoms. The molecular formula is C15H17Cl2N3O2. The summed E-state index contributed by atoms with van der Waals surface area (Å²) in [5.41, 5.74) is 2.78. The smallest absolute Gasteiger partial charge is 0.261 e. The standard InChI is InChI=1S/C15H17Cl2N3O2/c1-8-12(9(2)20-19-8)7-18-15(21)10(3)22-14-5-4-11(16)6-13(14)17/h4-6,10H,7H2,1-3H3,(H,18,21)(H,19,20). The van der Waals surface area contributed by atoms with E-state index in [2.05, 4.69) is 15.5 Å². The van der Waals surface area contributed by atoms with E-state index in [4.69, 9.17) is 27.9 Å². The van der Waals surface area contributed by atoms with Crippen molar-refractivity contribution in [3.8, 4) is 5.75 Å². The fourth-order valence-electron chi connectivity index (χ4n) is 1.97. The Balaban J connectivity index is 1.95. The summed E-state index contributed by atoms with van der Waals surface area (Å²) in [5, 5.41) is 10.7. The highest BCUT2D eigenvalue weighted by molar-refractivity contribution is 6.35. The van der Waals surface area contributed by atoms with Crippen LogP contribution in [-0.2, 0) is 11.3 Å². The van der Waals surface area contributed by atoms with Crippen LogP contribution in [0.5, 0.6) is 5.75 Å². The molecule has 118 valence electrons. The zero-order valence-corrected chi connectivity index (χ0v) is 14.0. The number of H-pyrrole nitrogens is 1. The van der Waals surface area contributed by atoms with E-state index in [9.17, 15) is 4.79 Å². The Morgan fingerprint density at radius 3 is 2.73 bits per heavy atom. The van der Waals surface area contributed by atoms with Gasteiger partial charge in [-0.05, 0) is 39.0 Å². The van der Waals surface area contributed by atoms with Gasteiger partial charge in [-0.3, -0.25) is 9.89 Å². The van der Waals surface area contributed by atoms with Crippen LogP contribution in [0.3, 0.4) is 0 Å². The number of ether oxygens (including phenoxy) is 1. The van der Waals surface area contributed by atoms with Gasteiger partial charge in [-0.2, -0.15) is 5.10 Å². The zero-order valence-electron chi connectivity index (χ0n) is 12.5. The molecule has 0 aliphatic heterocycles. The molecule has 7 heteroatoms. The summed E-state index contributed by atoms with van der Waals surface area (Å²) in [5.74, 6) is 0.190. The Bertz CT molecular complexity index is 666. The van der Waals surface area contributed by atoms with E-state index in [0.717, 1.165) is 17.0 Å². The maximum absolute atomic E-state index is 12.1. The predicted molar refractivity (Wildman–Crippen MR) is 86.5 cm³/mol. The van der Waals surface area contributed by atoms with E-state index in [1.165, 1.54) is 0 Å². The molecule has 1 unspecified atom stereocenters. The van der Waals surface area contributed by atoms with Crippen LogP contribution in [0.2, 0.25) is 10.0 Å². The lowest BCUT2D eigenvalue weighted by atomic mass is 10.2. The number of hydrogen-bond donors (Lipinski definition) is 2. The van der Waals surface area contributed by atoms with Crippen LogP contribution in [0, 0.1) is 13.8 Å². The van der Waals surface area contributed by atoms with Crippen molar-refractivity contribution in [2.45, 2.75) is 33.4 Å². The number of carbonyl (C=O) groups excluding carboxylic acids is 1. The molecule has 1 atom stereocenters. The average Bonchev–Trinajstić information content (AvgIpc) is 2.78. The molecule has 22 heavy (non-hydrogen) atoms. The molecule has 0 saturated carbocycles. The minimum atomic E-state index is -0.675. The summed E-state index contributed by atoms with van der Waals surface area (Å²) in [4.78, 5) is 12.1. The average molecular weight is 342 g/mol. The molecule has 0 aliphatic rings. The van der Waals surface area contributed by atoms with E-state index >= 15 is 0 Å². The van der Waals surface area contributed by atoms with Gasteiger partial charge >= 0.3 is 0 Å². The van der Waals surface area contributed by atoms with Crippen molar-refractivity contribution < 1.29 is 9.53 Å². The van der Waals surface area contributed by atoms with Gasteiger partial charge in [-0.25, -0.2) is 0 Å². The normalized spacial score (nSPS) is 12.0. The lowest BCUT2D eigenvalue weighted by molar-refractivity contribution is -0.127. The molecule has 1 heterocycles. The maximum Gasteiger partial charge on any atom is 0.261 e. The van der Waals surface area contributed by atoms with Gasteiger partial charge in [-0.1, -0.05) is 23.2 Å². The van der Waals surface area contributed by atoms with Gasteiger partial charge in [0.15, 0.2) is 6.10 Å². The van der Waals surface area contributed by atoms with Gasteiger partial charge in [0.05, 0.1) is 10.7 Å². The zero-order chi connectivity index (χ0) is 16.3. The fourth-order valence-corrected chi connectivity index (χ4v) is 2.42. The molecule has 2 aromatic rings. The predicted octanol–water partition coefficient (Wildman–Crippen LogP) is 3.42. The first kappa shape index (κ1) is 16.6. The number of benzene rings is 1. The largest absolute Gasteiger partial charge is 0.479 e. The lowest BCUT2D eigenvalue weighted by Crippen LogP contribution is -2.36. The minimum absolute atomic E-state index is 0.231. The number of hydrogen-bond acceptors (Lipinski definition) is 3. The van der Waals surface area contributed by atoms with Gasteiger partial charge in [0.25, 0.3) is 5.91 Å². The molecule has 1 aromatic heterocycles. The summed E-state index contributed by atoms with van der Waals surface area (Å²) >= 11 is 11.8. The first-order valence-electron chi connectivity index (χ1n) is 6.78. The van der Waals surface area contributed by atoms with E-state index in [1.54, 1.807) is 25.1 Å². The van der Waals surface area contributed by atoms with Crippen molar-refractivity contribution in [1.82, 2.24) is 15.5 Å². The van der Waals surface area contributed by atoms with Crippen LogP contribution < -0.4 is 10.1 Å². The van der Waals surface area contributed by atoms with E-state index in [1.807, 2.05) is 13.8 Å². The van der Waals surface area contributed by atoms with Crippen molar-refractivity contribution in [1.29, 1.82) is 0 Å². The first-order chi connectivity index (χ1) is 10.4. The van der Waals surface area contributed by atoms with Gasteiger partial charge in [0.1, 0.15) is 5.75 Å². The third-order valence-corrected chi connectivity index (χ3v) is 3.82. The Morgan fingerprint density at radius 2 is 2.14 bits per heavy atom. The Morgan fingerprint density at radius 1 is 1.41 bits per heavy atom. The number of carbonyl (C=O) groups is 1. The number of aryl methyl sites for hydroxylation is 2. The van der Waals surface area contributed by atoms with Gasteiger partial charge < -0.3 is 10.1 Å². The number of aromatic nitrogens is 2. The molecule has 0 saturated heterocycles. The SMILES string of the molecule is Cc1n[nH]c(C)c1CNC(=O)C(C)Oc1ccc(Cl)cc1Cl. The molecule has 0 radical (unpaired) electrons. The molecule has 2 rings (SSSR count). The highest BCUT2D eigenvalue weighted by Crippen LogP contribution is 2.28. The summed E-state index contributed by atoms with van der Waals surface area (Å²) in [7, 11) is 0. The second kappa shape index (κ2) is 7.03. The highest BCUT2D eigenvalue weighted by atomic mass is 35.5. The van der Waals surface area contributed by atoms with E-state index < -0.39 is 6.10 Å². The lowest BCUT2D eigenvalue weighted by Gasteiger charge is -2.15. The van der Waals surface area contributed by atoms with Crippen molar-refractivity contribution >= 4 is 29.1 Å². The second-order valence-corrected chi connectivity index (χ2v) is 5.81. The van der Waals surface area contributed by atoms with Gasteiger partial charge in [-0.15, -0.1) is 0 Å². The number of nitrogens with one attached hydrogen (secondary N) is 2. The quantitative estimate of drug-likeness (QED) is 0.875. The topological polar surface area (TPSA) is 67.0 Å². The third kappa shape index (κ3) is 3.93. The molecule has 0 bridgehead atoms. The second-order valence-electron chi connectivity index (χ2n) is 4.97. The molecule has 0 aliphatic carbocycles. The molecule has 1 amide bonds. The van der Waals surface area contributed by atoms with Crippen LogP contribution in [0.25, 0.3) is 0 Å². The van der Waals surface area contributed by atoms with Crippen molar-refractivity contribution in [2.24, 2.45) is 0 Å². The number of halogens is 2. The monoisotopic (exact) mass is 341 g/mol. The van der Waals surface area contributed by atoms with Crippen molar-refractivity contribution in [3.05, 3.63) is 45.2 Å². The number of aromatic amines is 1. The molecule has 0 fully saturated rings. The van der Waals surface area contributed by atoms with Crippen LogP contribution in [-0.4, -0.2) is 22.2 Å². The molecule has 5 nitrogen and oxygen atoms in total. The first-order valence-corrected chi connectivity index (χ1v) is 7.54. The maximum atomic E-state index is 12.1. The Hall–Kier alpha value is -1.72. The minimum Gasteiger partial charge on any atom is -0.479 e. The molecule has 1 aromatic carbocycles. The Labute approximate surface area is 139 Å². The summed E-state index contributed by atoms with van der Waals surface area (Å²) in [6.07, 6.45) is -0.675. The van der Waals surface area contributed by atoms with Crippen LogP contribution >= 0.6 is 23.2 Å². The van der Waals surface area contributed by atoms with Crippen LogP contribution in [0.4, 0.5) is 0 Å². The van der Waals surface area contributed by atoms with Crippen LogP contribution in [0.15, 0.2) is 18.2 Å². The summed E-state index contributed by atoms with van der Waals surface area (Å²) in [6.45, 7) is 5.86. The summed E-state index contributed by atoms with van der Waals surface area (Å²) < 4.78 is 5.57.